The zero-order valence-electron chi connectivity index (χ0n) is 13.8. The maximum absolute atomic E-state index is 5.52. The summed E-state index contributed by atoms with van der Waals surface area (Å²) in [5.74, 6) is 3.57. The van der Waals surface area contributed by atoms with Gasteiger partial charge in [-0.05, 0) is 44.3 Å². The van der Waals surface area contributed by atoms with Crippen LogP contribution in [-0.4, -0.2) is 37.5 Å². The van der Waals surface area contributed by atoms with Crippen LogP contribution in [0.4, 0.5) is 0 Å². The maximum atomic E-state index is 5.52. The SMILES string of the molecule is C#CCOc1ccccc1/C=N/n1c(-n2nc(C)cc2C)n[nH]c1=S. The molecule has 0 bridgehead atoms. The summed E-state index contributed by atoms with van der Waals surface area (Å²) in [6.07, 6.45) is 6.89. The van der Waals surface area contributed by atoms with Gasteiger partial charge in [-0.2, -0.15) is 14.9 Å². The Morgan fingerprint density at radius 1 is 1.40 bits per heavy atom. The number of H-pyrrole nitrogens is 1. The molecule has 0 saturated heterocycles. The molecule has 3 rings (SSSR count). The van der Waals surface area contributed by atoms with Gasteiger partial charge in [0, 0.05) is 11.3 Å². The number of para-hydroxylation sites is 1. The van der Waals surface area contributed by atoms with E-state index < -0.39 is 0 Å². The fourth-order valence-electron chi connectivity index (χ4n) is 2.31. The molecule has 0 aliphatic heterocycles. The Balaban J connectivity index is 1.99. The topological polar surface area (TPSA) is 73.0 Å². The van der Waals surface area contributed by atoms with Gasteiger partial charge in [-0.1, -0.05) is 18.1 Å². The van der Waals surface area contributed by atoms with Crippen molar-refractivity contribution in [2.45, 2.75) is 13.8 Å². The zero-order chi connectivity index (χ0) is 17.8. The van der Waals surface area contributed by atoms with Crippen LogP contribution in [0.1, 0.15) is 17.0 Å². The first-order chi connectivity index (χ1) is 12.1. The van der Waals surface area contributed by atoms with Crippen LogP contribution in [0.5, 0.6) is 5.75 Å². The molecule has 8 heteroatoms. The molecule has 25 heavy (non-hydrogen) atoms. The molecule has 0 atom stereocenters. The minimum Gasteiger partial charge on any atom is -0.480 e. The third kappa shape index (κ3) is 3.51. The maximum Gasteiger partial charge on any atom is 0.271 e. The van der Waals surface area contributed by atoms with Crippen molar-refractivity contribution in [1.29, 1.82) is 0 Å². The van der Waals surface area contributed by atoms with Gasteiger partial charge in [0.05, 0.1) is 11.9 Å². The number of aromatic amines is 1. The summed E-state index contributed by atoms with van der Waals surface area (Å²) < 4.78 is 9.07. The lowest BCUT2D eigenvalue weighted by molar-refractivity contribution is 0.370. The molecule has 126 valence electrons. The molecule has 3 aromatic rings. The summed E-state index contributed by atoms with van der Waals surface area (Å²) in [5.41, 5.74) is 2.59. The van der Waals surface area contributed by atoms with Crippen molar-refractivity contribution < 1.29 is 4.74 Å². The molecular formula is C17H16N6OS. The Hall–Kier alpha value is -3.18. The van der Waals surface area contributed by atoms with Gasteiger partial charge in [0.2, 0.25) is 4.77 Å². The average Bonchev–Trinajstić information content (AvgIpc) is 3.13. The molecule has 0 radical (unpaired) electrons. The van der Waals surface area contributed by atoms with E-state index in [1.165, 1.54) is 4.68 Å². The van der Waals surface area contributed by atoms with Crippen molar-refractivity contribution in [3.8, 4) is 24.0 Å². The molecule has 0 fully saturated rings. The first kappa shape index (κ1) is 16.7. The second-order valence-corrected chi connectivity index (χ2v) is 5.64. The monoisotopic (exact) mass is 352 g/mol. The zero-order valence-corrected chi connectivity index (χ0v) is 14.6. The Labute approximate surface area is 150 Å². The molecule has 0 saturated carbocycles. The predicted octanol–water partition coefficient (Wildman–Crippen LogP) is 2.64. The number of nitrogens with zero attached hydrogens (tertiary/aromatic N) is 5. The summed E-state index contributed by atoms with van der Waals surface area (Å²) in [6, 6.07) is 9.42. The van der Waals surface area contributed by atoms with E-state index in [4.69, 9.17) is 23.4 Å². The lowest BCUT2D eigenvalue weighted by Gasteiger charge is -2.06. The van der Waals surface area contributed by atoms with Gasteiger partial charge >= 0.3 is 0 Å². The third-order valence-electron chi connectivity index (χ3n) is 3.37. The smallest absolute Gasteiger partial charge is 0.271 e. The van der Waals surface area contributed by atoms with Crippen molar-refractivity contribution in [3.05, 3.63) is 52.1 Å². The Morgan fingerprint density at radius 3 is 2.92 bits per heavy atom. The highest BCUT2D eigenvalue weighted by Gasteiger charge is 2.12. The third-order valence-corrected chi connectivity index (χ3v) is 3.64. The second-order valence-electron chi connectivity index (χ2n) is 5.25. The summed E-state index contributed by atoms with van der Waals surface area (Å²) in [7, 11) is 0. The molecule has 0 aliphatic carbocycles. The van der Waals surface area contributed by atoms with Gasteiger partial charge in [-0.3, -0.25) is 0 Å². The summed E-state index contributed by atoms with van der Waals surface area (Å²) in [6.45, 7) is 4.04. The number of nitrogens with one attached hydrogen (secondary N) is 1. The first-order valence-electron chi connectivity index (χ1n) is 7.51. The van der Waals surface area contributed by atoms with Gasteiger partial charge < -0.3 is 4.74 Å². The van der Waals surface area contributed by atoms with Crippen molar-refractivity contribution in [1.82, 2.24) is 24.7 Å². The Morgan fingerprint density at radius 2 is 2.20 bits per heavy atom. The highest BCUT2D eigenvalue weighted by Crippen LogP contribution is 2.16. The van der Waals surface area contributed by atoms with Crippen molar-refractivity contribution in [2.24, 2.45) is 5.10 Å². The van der Waals surface area contributed by atoms with E-state index in [2.05, 4.69) is 26.3 Å². The predicted molar refractivity (Wildman–Crippen MR) is 97.8 cm³/mol. The van der Waals surface area contributed by atoms with Crippen LogP contribution in [0.2, 0.25) is 0 Å². The van der Waals surface area contributed by atoms with Crippen LogP contribution in [0.3, 0.4) is 0 Å². The van der Waals surface area contributed by atoms with Gasteiger partial charge in [-0.15, -0.1) is 11.5 Å². The number of hydrogen-bond acceptors (Lipinski definition) is 5. The second kappa shape index (κ2) is 7.15. The molecular weight excluding hydrogens is 336 g/mol. The summed E-state index contributed by atoms with van der Waals surface area (Å²) in [5, 5.41) is 15.8. The largest absolute Gasteiger partial charge is 0.480 e. The molecule has 1 N–H and O–H groups in total. The molecule has 1 aromatic carbocycles. The number of aryl methyl sites for hydroxylation is 2. The number of aromatic nitrogens is 5. The number of terminal acetylenes is 1. The minimum absolute atomic E-state index is 0.188. The number of benzene rings is 1. The highest BCUT2D eigenvalue weighted by atomic mass is 32.1. The van der Waals surface area contributed by atoms with Crippen molar-refractivity contribution >= 4 is 18.4 Å². The summed E-state index contributed by atoms with van der Waals surface area (Å²) in [4.78, 5) is 0. The lowest BCUT2D eigenvalue weighted by Crippen LogP contribution is -2.07. The molecule has 2 heterocycles. The van der Waals surface area contributed by atoms with E-state index >= 15 is 0 Å². The van der Waals surface area contributed by atoms with Crippen molar-refractivity contribution in [3.63, 3.8) is 0 Å². The van der Waals surface area contributed by atoms with E-state index in [1.807, 2.05) is 44.2 Å². The number of hydrogen-bond donors (Lipinski definition) is 1. The normalized spacial score (nSPS) is 10.9. The van der Waals surface area contributed by atoms with Crippen LogP contribution < -0.4 is 4.74 Å². The highest BCUT2D eigenvalue weighted by molar-refractivity contribution is 7.71. The molecule has 0 aliphatic rings. The first-order valence-corrected chi connectivity index (χ1v) is 7.91. The van der Waals surface area contributed by atoms with E-state index in [-0.39, 0.29) is 6.61 Å². The van der Waals surface area contributed by atoms with Crippen LogP contribution in [-0.2, 0) is 0 Å². The fourth-order valence-corrected chi connectivity index (χ4v) is 2.49. The Kier molecular flexibility index (Phi) is 4.77. The number of ether oxygens (including phenoxy) is 1. The number of rotatable bonds is 5. The molecule has 0 amide bonds. The molecule has 0 spiro atoms. The minimum atomic E-state index is 0.188. The van der Waals surface area contributed by atoms with Gasteiger partial charge in [0.15, 0.2) is 0 Å². The lowest BCUT2D eigenvalue weighted by atomic mass is 10.2. The fraction of sp³-hybridized carbons (Fsp3) is 0.176. The average molecular weight is 352 g/mol. The Bertz CT molecular complexity index is 1020. The van der Waals surface area contributed by atoms with Crippen LogP contribution in [0.25, 0.3) is 5.95 Å². The molecule has 2 aromatic heterocycles. The standard InChI is InChI=1S/C17H16N6OS/c1-4-9-24-15-8-6-5-7-14(15)11-18-23-16(19-20-17(23)25)22-13(3)10-12(2)21-22/h1,5-8,10-11H,9H2,2-3H3,(H,20,25)/b18-11+. The van der Waals surface area contributed by atoms with E-state index in [0.717, 1.165) is 17.0 Å². The molecule has 0 unspecified atom stereocenters. The van der Waals surface area contributed by atoms with Crippen molar-refractivity contribution in [2.75, 3.05) is 6.61 Å². The molecule has 7 nitrogen and oxygen atoms in total. The quantitative estimate of drug-likeness (QED) is 0.435. The van der Waals surface area contributed by atoms with E-state index in [1.54, 1.807) is 10.9 Å². The van der Waals surface area contributed by atoms with Crippen LogP contribution in [0.15, 0.2) is 35.4 Å². The van der Waals surface area contributed by atoms with Crippen LogP contribution >= 0.6 is 12.2 Å². The summed E-state index contributed by atoms with van der Waals surface area (Å²) >= 11 is 5.27. The van der Waals surface area contributed by atoms with E-state index in [0.29, 0.717) is 16.5 Å². The van der Waals surface area contributed by atoms with E-state index in [9.17, 15) is 0 Å². The van der Waals surface area contributed by atoms with Gasteiger partial charge in [-0.25, -0.2) is 9.78 Å². The van der Waals surface area contributed by atoms with Gasteiger partial charge in [0.25, 0.3) is 5.95 Å². The van der Waals surface area contributed by atoms with Crippen LogP contribution in [0, 0.1) is 31.0 Å². The van der Waals surface area contributed by atoms with Gasteiger partial charge in [0.1, 0.15) is 12.4 Å².